The zero-order valence-corrected chi connectivity index (χ0v) is 10.2. The van der Waals surface area contributed by atoms with E-state index in [-0.39, 0.29) is 17.8 Å². The number of rotatable bonds is 3. The van der Waals surface area contributed by atoms with Crippen molar-refractivity contribution in [1.29, 1.82) is 0 Å². The van der Waals surface area contributed by atoms with Crippen molar-refractivity contribution >= 4 is 23.5 Å². The van der Waals surface area contributed by atoms with Gasteiger partial charge in [-0.05, 0) is 18.9 Å². The summed E-state index contributed by atoms with van der Waals surface area (Å²) in [4.78, 5) is 19.5. The topological polar surface area (TPSA) is 80.9 Å². The van der Waals surface area contributed by atoms with Crippen LogP contribution in [0, 0.1) is 12.8 Å². The number of nitrogens with zero attached hydrogens (tertiary/aromatic N) is 2. The van der Waals surface area contributed by atoms with Crippen LogP contribution in [-0.2, 0) is 4.79 Å². The second-order valence-corrected chi connectivity index (χ2v) is 4.30. The largest absolute Gasteiger partial charge is 0.320 e. The molecule has 1 heterocycles. The highest BCUT2D eigenvalue weighted by molar-refractivity contribution is 6.29. The van der Waals surface area contributed by atoms with E-state index in [4.69, 9.17) is 17.3 Å². The number of nitrogens with two attached hydrogens (primary N) is 1. The van der Waals surface area contributed by atoms with Crippen LogP contribution < -0.4 is 11.1 Å². The predicted octanol–water partition coefficient (Wildman–Crippen LogP) is 1.36. The van der Waals surface area contributed by atoms with Crippen LogP contribution >= 0.6 is 11.6 Å². The van der Waals surface area contributed by atoms with E-state index in [1.54, 1.807) is 13.0 Å². The highest BCUT2D eigenvalue weighted by Crippen LogP contribution is 2.10. The Morgan fingerprint density at radius 1 is 1.50 bits per heavy atom. The first-order valence-corrected chi connectivity index (χ1v) is 5.35. The maximum absolute atomic E-state index is 11.6. The molecule has 1 amide bonds. The fourth-order valence-electron chi connectivity index (χ4n) is 1.08. The fraction of sp³-hybridized carbons (Fsp3) is 0.500. The van der Waals surface area contributed by atoms with Crippen molar-refractivity contribution in [1.82, 2.24) is 9.97 Å². The molecule has 88 valence electrons. The van der Waals surface area contributed by atoms with Crippen LogP contribution in [0.1, 0.15) is 19.5 Å². The van der Waals surface area contributed by atoms with Crippen LogP contribution in [0.3, 0.4) is 0 Å². The van der Waals surface area contributed by atoms with E-state index in [0.717, 1.165) is 0 Å². The third-order valence-corrected chi connectivity index (χ3v) is 2.27. The molecule has 1 unspecified atom stereocenters. The number of carbonyl (C=O) groups is 1. The Labute approximate surface area is 99.4 Å². The van der Waals surface area contributed by atoms with Gasteiger partial charge in [0.1, 0.15) is 5.15 Å². The highest BCUT2D eigenvalue weighted by atomic mass is 35.5. The van der Waals surface area contributed by atoms with E-state index in [9.17, 15) is 4.79 Å². The summed E-state index contributed by atoms with van der Waals surface area (Å²) in [7, 11) is 0. The van der Waals surface area contributed by atoms with E-state index in [1.165, 1.54) is 0 Å². The molecule has 16 heavy (non-hydrogen) atoms. The van der Waals surface area contributed by atoms with Crippen LogP contribution in [0.25, 0.3) is 0 Å². The van der Waals surface area contributed by atoms with Gasteiger partial charge in [0.25, 0.3) is 0 Å². The fourth-order valence-corrected chi connectivity index (χ4v) is 1.32. The minimum atomic E-state index is -0.581. The van der Waals surface area contributed by atoms with Crippen molar-refractivity contribution in [3.05, 3.63) is 16.9 Å². The van der Waals surface area contributed by atoms with Crippen molar-refractivity contribution in [2.45, 2.75) is 26.8 Å². The number of anilines is 1. The van der Waals surface area contributed by atoms with Crippen LogP contribution in [-0.4, -0.2) is 21.9 Å². The molecule has 0 aliphatic carbocycles. The van der Waals surface area contributed by atoms with E-state index in [0.29, 0.717) is 10.8 Å². The normalized spacial score (nSPS) is 12.6. The van der Waals surface area contributed by atoms with Crippen LogP contribution in [0.2, 0.25) is 5.15 Å². The molecule has 0 bridgehead atoms. The molecule has 0 fully saturated rings. The average Bonchev–Trinajstić information content (AvgIpc) is 2.14. The van der Waals surface area contributed by atoms with Gasteiger partial charge in [0, 0.05) is 5.69 Å². The van der Waals surface area contributed by atoms with Gasteiger partial charge in [-0.1, -0.05) is 25.4 Å². The van der Waals surface area contributed by atoms with Crippen molar-refractivity contribution in [2.75, 3.05) is 5.32 Å². The van der Waals surface area contributed by atoms with Gasteiger partial charge < -0.3 is 5.73 Å². The van der Waals surface area contributed by atoms with Crippen molar-refractivity contribution < 1.29 is 4.79 Å². The molecule has 3 N–H and O–H groups in total. The number of halogens is 1. The lowest BCUT2D eigenvalue weighted by molar-refractivity contribution is -0.118. The summed E-state index contributed by atoms with van der Waals surface area (Å²) >= 11 is 5.74. The summed E-state index contributed by atoms with van der Waals surface area (Å²) in [5.74, 6) is -0.0666. The molecule has 0 saturated heterocycles. The molecular weight excluding hydrogens is 228 g/mol. The van der Waals surface area contributed by atoms with Crippen molar-refractivity contribution in [3.63, 3.8) is 0 Å². The molecule has 0 spiro atoms. The monoisotopic (exact) mass is 242 g/mol. The first-order valence-electron chi connectivity index (χ1n) is 4.97. The first-order chi connectivity index (χ1) is 7.40. The smallest absolute Gasteiger partial charge is 0.243 e. The Kier molecular flexibility index (Phi) is 4.20. The Hall–Kier alpha value is -1.20. The number of aryl methyl sites for hydroxylation is 1. The maximum Gasteiger partial charge on any atom is 0.243 e. The maximum atomic E-state index is 11.6. The Morgan fingerprint density at radius 3 is 2.62 bits per heavy atom. The summed E-state index contributed by atoms with van der Waals surface area (Å²) in [5.41, 5.74) is 6.37. The van der Waals surface area contributed by atoms with Crippen LogP contribution in [0.15, 0.2) is 6.07 Å². The Bertz CT molecular complexity index is 374. The second-order valence-electron chi connectivity index (χ2n) is 3.91. The second kappa shape index (κ2) is 5.23. The van der Waals surface area contributed by atoms with Gasteiger partial charge in [-0.25, -0.2) is 9.97 Å². The van der Waals surface area contributed by atoms with Crippen LogP contribution in [0.4, 0.5) is 5.95 Å². The standard InChI is InChI=1S/C10H15ClN4O/c1-5(2)8(12)9(16)15-10-13-6(3)4-7(11)14-10/h4-5,8H,12H2,1-3H3,(H,13,14,15,16). The van der Waals surface area contributed by atoms with E-state index >= 15 is 0 Å². The third-order valence-electron chi connectivity index (χ3n) is 2.08. The van der Waals surface area contributed by atoms with Crippen molar-refractivity contribution in [2.24, 2.45) is 11.7 Å². The molecular formula is C10H15ClN4O. The number of aromatic nitrogens is 2. The number of amides is 1. The SMILES string of the molecule is Cc1cc(Cl)nc(NC(=O)C(N)C(C)C)n1. The van der Waals surface area contributed by atoms with Gasteiger partial charge in [-0.15, -0.1) is 0 Å². The summed E-state index contributed by atoms with van der Waals surface area (Å²) < 4.78 is 0. The number of carbonyl (C=O) groups excluding carboxylic acids is 1. The first kappa shape index (κ1) is 12.9. The molecule has 1 aromatic heterocycles. The van der Waals surface area contributed by atoms with E-state index in [1.807, 2.05) is 13.8 Å². The molecule has 0 saturated carbocycles. The lowest BCUT2D eigenvalue weighted by Gasteiger charge is -2.14. The van der Waals surface area contributed by atoms with Gasteiger partial charge in [-0.3, -0.25) is 10.1 Å². The summed E-state index contributed by atoms with van der Waals surface area (Å²) in [6.45, 7) is 5.51. The van der Waals surface area contributed by atoms with Crippen LogP contribution in [0.5, 0.6) is 0 Å². The molecule has 1 atom stereocenters. The number of hydrogen-bond donors (Lipinski definition) is 2. The molecule has 5 nitrogen and oxygen atoms in total. The number of nitrogens with one attached hydrogen (secondary N) is 1. The van der Waals surface area contributed by atoms with E-state index in [2.05, 4.69) is 15.3 Å². The number of hydrogen-bond acceptors (Lipinski definition) is 4. The predicted molar refractivity (Wildman–Crippen MR) is 63.2 cm³/mol. The molecule has 1 rings (SSSR count). The zero-order valence-electron chi connectivity index (χ0n) is 9.49. The van der Waals surface area contributed by atoms with Gasteiger partial charge in [0.2, 0.25) is 11.9 Å². The molecule has 0 aliphatic rings. The quantitative estimate of drug-likeness (QED) is 0.785. The highest BCUT2D eigenvalue weighted by Gasteiger charge is 2.18. The lowest BCUT2D eigenvalue weighted by Crippen LogP contribution is -2.40. The minimum Gasteiger partial charge on any atom is -0.320 e. The third kappa shape index (κ3) is 3.43. The summed E-state index contributed by atoms with van der Waals surface area (Å²) in [6.07, 6.45) is 0. The average molecular weight is 243 g/mol. The molecule has 0 radical (unpaired) electrons. The molecule has 0 aromatic carbocycles. The lowest BCUT2D eigenvalue weighted by atomic mass is 10.1. The minimum absolute atomic E-state index is 0.0558. The molecule has 1 aromatic rings. The summed E-state index contributed by atoms with van der Waals surface area (Å²) in [5, 5.41) is 2.83. The van der Waals surface area contributed by atoms with Gasteiger partial charge in [0.15, 0.2) is 0 Å². The van der Waals surface area contributed by atoms with Gasteiger partial charge in [-0.2, -0.15) is 0 Å². The van der Waals surface area contributed by atoms with E-state index < -0.39 is 6.04 Å². The zero-order chi connectivity index (χ0) is 12.3. The van der Waals surface area contributed by atoms with Gasteiger partial charge in [0.05, 0.1) is 6.04 Å². The molecule has 6 heteroatoms. The van der Waals surface area contributed by atoms with Crippen molar-refractivity contribution in [3.8, 4) is 0 Å². The Balaban J connectivity index is 2.77. The summed E-state index contributed by atoms with van der Waals surface area (Å²) in [6, 6.07) is 1.03. The Morgan fingerprint density at radius 2 is 2.12 bits per heavy atom. The molecule has 0 aliphatic heterocycles. The van der Waals surface area contributed by atoms with Gasteiger partial charge >= 0.3 is 0 Å².